The molecule has 0 radical (unpaired) electrons. The molecule has 0 aliphatic heterocycles. The third-order valence-electron chi connectivity index (χ3n) is 5.02. The molecular formula is C20H30IN5. The molecule has 1 aliphatic rings. The maximum absolute atomic E-state index is 4.93. The molecule has 1 fully saturated rings. The molecule has 0 unspecified atom stereocenters. The zero-order chi connectivity index (χ0) is 17.4. The van der Waals surface area contributed by atoms with Crippen LogP contribution in [-0.4, -0.2) is 35.4 Å². The van der Waals surface area contributed by atoms with Gasteiger partial charge in [0.25, 0.3) is 0 Å². The van der Waals surface area contributed by atoms with Gasteiger partial charge in [-0.05, 0) is 31.4 Å². The van der Waals surface area contributed by atoms with Crippen LogP contribution in [0.5, 0.6) is 0 Å². The SMILES string of the molecule is CCNC(=NCC1(c2ccccc2)CCCC1)NCCn1cccn1.I. The number of nitrogens with zero attached hydrogens (tertiary/aromatic N) is 3. The van der Waals surface area contributed by atoms with Crippen LogP contribution < -0.4 is 10.6 Å². The fraction of sp³-hybridized carbons (Fsp3) is 0.500. The number of rotatable bonds is 7. The lowest BCUT2D eigenvalue weighted by Gasteiger charge is -2.28. The molecule has 0 bridgehead atoms. The van der Waals surface area contributed by atoms with Crippen LogP contribution in [0.25, 0.3) is 0 Å². The van der Waals surface area contributed by atoms with Gasteiger partial charge >= 0.3 is 0 Å². The topological polar surface area (TPSA) is 54.2 Å². The zero-order valence-electron chi connectivity index (χ0n) is 15.5. The maximum Gasteiger partial charge on any atom is 0.191 e. The van der Waals surface area contributed by atoms with Crippen molar-refractivity contribution in [1.29, 1.82) is 0 Å². The fourth-order valence-corrected chi connectivity index (χ4v) is 3.68. The third kappa shape index (κ3) is 5.46. The van der Waals surface area contributed by atoms with Crippen LogP contribution in [0, 0.1) is 0 Å². The minimum Gasteiger partial charge on any atom is -0.357 e. The van der Waals surface area contributed by atoms with Crippen molar-refractivity contribution < 1.29 is 0 Å². The summed E-state index contributed by atoms with van der Waals surface area (Å²) in [4.78, 5) is 4.93. The van der Waals surface area contributed by atoms with Gasteiger partial charge in [-0.3, -0.25) is 9.67 Å². The predicted molar refractivity (Wildman–Crippen MR) is 118 cm³/mol. The summed E-state index contributed by atoms with van der Waals surface area (Å²) in [5, 5.41) is 11.0. The van der Waals surface area contributed by atoms with Crippen LogP contribution in [0.3, 0.4) is 0 Å². The van der Waals surface area contributed by atoms with Gasteiger partial charge < -0.3 is 10.6 Å². The first-order valence-electron chi connectivity index (χ1n) is 9.37. The van der Waals surface area contributed by atoms with Crippen LogP contribution >= 0.6 is 24.0 Å². The summed E-state index contributed by atoms with van der Waals surface area (Å²) in [5.41, 5.74) is 1.63. The summed E-state index contributed by atoms with van der Waals surface area (Å²) in [5.74, 6) is 0.900. The molecule has 1 heterocycles. The molecule has 2 N–H and O–H groups in total. The van der Waals surface area contributed by atoms with Crippen LogP contribution in [-0.2, 0) is 12.0 Å². The van der Waals surface area contributed by atoms with Gasteiger partial charge in [0.05, 0.1) is 13.1 Å². The third-order valence-corrected chi connectivity index (χ3v) is 5.02. The molecule has 3 rings (SSSR count). The lowest BCUT2D eigenvalue weighted by molar-refractivity contribution is 0.452. The second kappa shape index (κ2) is 10.5. The number of aliphatic imine (C=N–C) groups is 1. The molecular weight excluding hydrogens is 437 g/mol. The highest BCUT2D eigenvalue weighted by molar-refractivity contribution is 14.0. The number of hydrogen-bond acceptors (Lipinski definition) is 2. The van der Waals surface area contributed by atoms with E-state index in [1.165, 1.54) is 31.2 Å². The van der Waals surface area contributed by atoms with Crippen LogP contribution in [0.1, 0.15) is 38.2 Å². The quantitative estimate of drug-likeness (QED) is 0.372. The van der Waals surface area contributed by atoms with E-state index in [-0.39, 0.29) is 29.4 Å². The van der Waals surface area contributed by atoms with Gasteiger partial charge in [-0.1, -0.05) is 43.2 Å². The van der Waals surface area contributed by atoms with E-state index in [2.05, 4.69) is 53.0 Å². The molecule has 1 aromatic heterocycles. The molecule has 1 saturated carbocycles. The predicted octanol–water partition coefficient (Wildman–Crippen LogP) is 3.57. The average Bonchev–Trinajstić information content (AvgIpc) is 3.33. The average molecular weight is 467 g/mol. The van der Waals surface area contributed by atoms with Gasteiger partial charge in [0, 0.05) is 30.9 Å². The molecule has 6 heteroatoms. The maximum atomic E-state index is 4.93. The van der Waals surface area contributed by atoms with Crippen molar-refractivity contribution in [3.05, 3.63) is 54.4 Å². The summed E-state index contributed by atoms with van der Waals surface area (Å²) >= 11 is 0. The number of halogens is 1. The Morgan fingerprint density at radius 3 is 2.58 bits per heavy atom. The fourth-order valence-electron chi connectivity index (χ4n) is 3.68. The molecule has 0 atom stereocenters. The minimum absolute atomic E-state index is 0. The Morgan fingerprint density at radius 2 is 1.92 bits per heavy atom. The van der Waals surface area contributed by atoms with Crippen molar-refractivity contribution in [1.82, 2.24) is 20.4 Å². The highest BCUT2D eigenvalue weighted by atomic mass is 127. The molecule has 142 valence electrons. The number of nitrogens with one attached hydrogen (secondary N) is 2. The van der Waals surface area contributed by atoms with E-state index in [0.29, 0.717) is 0 Å². The smallest absolute Gasteiger partial charge is 0.191 e. The number of guanidine groups is 1. The molecule has 0 amide bonds. The summed E-state index contributed by atoms with van der Waals surface area (Å²) in [7, 11) is 0. The van der Waals surface area contributed by atoms with Crippen molar-refractivity contribution in [2.75, 3.05) is 19.6 Å². The summed E-state index contributed by atoms with van der Waals surface area (Å²) in [6.07, 6.45) is 8.85. The van der Waals surface area contributed by atoms with Gasteiger partial charge in [0.15, 0.2) is 5.96 Å². The van der Waals surface area contributed by atoms with E-state index in [0.717, 1.165) is 32.1 Å². The Hall–Kier alpha value is -1.57. The Balaban J connectivity index is 0.00000243. The molecule has 26 heavy (non-hydrogen) atoms. The Morgan fingerprint density at radius 1 is 1.15 bits per heavy atom. The van der Waals surface area contributed by atoms with Crippen molar-refractivity contribution in [2.45, 2.75) is 44.6 Å². The molecule has 0 saturated heterocycles. The second-order valence-corrected chi connectivity index (χ2v) is 6.74. The minimum atomic E-state index is 0. The van der Waals surface area contributed by atoms with Crippen LogP contribution in [0.4, 0.5) is 0 Å². The largest absolute Gasteiger partial charge is 0.357 e. The lowest BCUT2D eigenvalue weighted by atomic mass is 9.79. The summed E-state index contributed by atoms with van der Waals surface area (Å²) in [6, 6.07) is 12.9. The van der Waals surface area contributed by atoms with E-state index in [9.17, 15) is 0 Å². The normalized spacial score (nSPS) is 16.1. The van der Waals surface area contributed by atoms with Crippen LogP contribution in [0.2, 0.25) is 0 Å². The summed E-state index contributed by atoms with van der Waals surface area (Å²) < 4.78 is 1.93. The molecule has 1 aliphatic carbocycles. The van der Waals surface area contributed by atoms with E-state index in [1.807, 2.05) is 23.1 Å². The first-order valence-corrected chi connectivity index (χ1v) is 9.37. The monoisotopic (exact) mass is 467 g/mol. The standard InChI is InChI=1S/C20H29N5.HI/c1-2-21-19(22-14-16-25-15-8-13-24-25)23-17-20(11-6-7-12-20)18-9-4-3-5-10-18;/h3-5,8-10,13,15H,2,6-7,11-12,14,16-17H2,1H3,(H2,21,22,23);1H. The Bertz CT molecular complexity index is 648. The van der Waals surface area contributed by atoms with Crippen molar-refractivity contribution in [3.63, 3.8) is 0 Å². The van der Waals surface area contributed by atoms with Crippen molar-refractivity contribution in [3.8, 4) is 0 Å². The van der Waals surface area contributed by atoms with Gasteiger partial charge in [-0.25, -0.2) is 0 Å². The first kappa shape index (κ1) is 20.7. The van der Waals surface area contributed by atoms with Crippen molar-refractivity contribution >= 4 is 29.9 Å². The number of aromatic nitrogens is 2. The van der Waals surface area contributed by atoms with Crippen LogP contribution in [0.15, 0.2) is 53.8 Å². The lowest BCUT2D eigenvalue weighted by Crippen LogP contribution is -2.40. The highest BCUT2D eigenvalue weighted by Gasteiger charge is 2.35. The van der Waals surface area contributed by atoms with E-state index >= 15 is 0 Å². The summed E-state index contributed by atoms with van der Waals surface area (Å²) in [6.45, 7) is 5.46. The number of benzene rings is 1. The molecule has 5 nitrogen and oxygen atoms in total. The van der Waals surface area contributed by atoms with Crippen molar-refractivity contribution in [2.24, 2.45) is 4.99 Å². The first-order chi connectivity index (χ1) is 12.3. The van der Waals surface area contributed by atoms with Gasteiger partial charge in [-0.2, -0.15) is 5.10 Å². The molecule has 0 spiro atoms. The molecule has 1 aromatic carbocycles. The van der Waals surface area contributed by atoms with Gasteiger partial charge in [0.1, 0.15) is 0 Å². The Labute approximate surface area is 173 Å². The van der Waals surface area contributed by atoms with E-state index in [1.54, 1.807) is 0 Å². The highest BCUT2D eigenvalue weighted by Crippen LogP contribution is 2.41. The van der Waals surface area contributed by atoms with Gasteiger partial charge in [0.2, 0.25) is 0 Å². The second-order valence-electron chi connectivity index (χ2n) is 6.74. The Kier molecular flexibility index (Phi) is 8.41. The van der Waals surface area contributed by atoms with E-state index < -0.39 is 0 Å². The molecule has 2 aromatic rings. The van der Waals surface area contributed by atoms with Gasteiger partial charge in [-0.15, -0.1) is 24.0 Å². The van der Waals surface area contributed by atoms with E-state index in [4.69, 9.17) is 4.99 Å². The number of hydrogen-bond donors (Lipinski definition) is 2. The zero-order valence-corrected chi connectivity index (χ0v) is 17.9.